The maximum atomic E-state index is 12.5. The minimum atomic E-state index is -0.204. The van der Waals surface area contributed by atoms with Crippen LogP contribution in [0.5, 0.6) is 0 Å². The number of rotatable bonds is 4. The van der Waals surface area contributed by atoms with Gasteiger partial charge in [-0.05, 0) is 52.6 Å². The summed E-state index contributed by atoms with van der Waals surface area (Å²) in [4.78, 5) is 26.1. The summed E-state index contributed by atoms with van der Waals surface area (Å²) in [7, 11) is 0. The minimum Gasteiger partial charge on any atom is -0.348 e. The molecular formula is C18H17N5O3. The highest BCUT2D eigenvalue weighted by atomic mass is 16.6. The number of hydrogen-bond donors (Lipinski definition) is 2. The Labute approximate surface area is 149 Å². The summed E-state index contributed by atoms with van der Waals surface area (Å²) in [5.41, 5.74) is 4.43. The molecule has 1 aromatic heterocycles. The van der Waals surface area contributed by atoms with Gasteiger partial charge in [0, 0.05) is 30.9 Å². The Kier molecular flexibility index (Phi) is 4.00. The number of fused-ring (bicyclic) bond motifs is 1. The van der Waals surface area contributed by atoms with Gasteiger partial charge in [0.1, 0.15) is 11.0 Å². The Morgan fingerprint density at radius 2 is 2.08 bits per heavy atom. The fourth-order valence-electron chi connectivity index (χ4n) is 2.96. The van der Waals surface area contributed by atoms with Crippen LogP contribution in [0.3, 0.4) is 0 Å². The van der Waals surface area contributed by atoms with E-state index < -0.39 is 0 Å². The number of nitrogens with zero attached hydrogens (tertiary/aromatic N) is 3. The van der Waals surface area contributed by atoms with E-state index in [0.29, 0.717) is 36.2 Å². The van der Waals surface area contributed by atoms with Crippen LogP contribution >= 0.6 is 0 Å². The van der Waals surface area contributed by atoms with E-state index in [0.717, 1.165) is 16.8 Å². The molecule has 2 aromatic carbocycles. The number of hydrogen-bond acceptors (Lipinski definition) is 5. The summed E-state index contributed by atoms with van der Waals surface area (Å²) in [6.45, 7) is 3.48. The van der Waals surface area contributed by atoms with Crippen LogP contribution in [-0.4, -0.2) is 35.3 Å². The molecule has 1 aliphatic heterocycles. The second kappa shape index (κ2) is 6.47. The quantitative estimate of drug-likeness (QED) is 0.749. The van der Waals surface area contributed by atoms with E-state index in [1.165, 1.54) is 0 Å². The van der Waals surface area contributed by atoms with Crippen molar-refractivity contribution in [2.24, 2.45) is 0 Å². The summed E-state index contributed by atoms with van der Waals surface area (Å²) in [6.07, 6.45) is 0. The SMILES string of the molecule is Cc1ccc(C(=O)NCc2ccc3nonc3c2)cc1N1CCNC1=O. The van der Waals surface area contributed by atoms with Crippen LogP contribution in [0.15, 0.2) is 41.0 Å². The number of carbonyl (C=O) groups is 2. The standard InChI is InChI=1S/C18H17N5O3/c1-11-2-4-13(9-16(11)23-7-6-19-18(23)25)17(24)20-10-12-3-5-14-15(8-12)22-26-21-14/h2-5,8-9H,6-7,10H2,1H3,(H,19,25)(H,20,24). The normalized spacial score (nSPS) is 13.9. The number of nitrogens with one attached hydrogen (secondary N) is 2. The second-order valence-electron chi connectivity index (χ2n) is 6.15. The molecule has 8 heteroatoms. The highest BCUT2D eigenvalue weighted by Gasteiger charge is 2.23. The smallest absolute Gasteiger partial charge is 0.322 e. The van der Waals surface area contributed by atoms with Gasteiger partial charge in [0.15, 0.2) is 0 Å². The van der Waals surface area contributed by atoms with Crippen molar-refractivity contribution in [2.75, 3.05) is 18.0 Å². The van der Waals surface area contributed by atoms with Gasteiger partial charge in [-0.15, -0.1) is 0 Å². The number of aromatic nitrogens is 2. The zero-order valence-corrected chi connectivity index (χ0v) is 14.2. The highest BCUT2D eigenvalue weighted by Crippen LogP contribution is 2.23. The molecule has 132 valence electrons. The fraction of sp³-hybridized carbons (Fsp3) is 0.222. The van der Waals surface area contributed by atoms with Crippen LogP contribution in [0.1, 0.15) is 21.5 Å². The predicted octanol–water partition coefficient (Wildman–Crippen LogP) is 1.99. The third-order valence-electron chi connectivity index (χ3n) is 4.39. The Morgan fingerprint density at radius 3 is 2.88 bits per heavy atom. The monoisotopic (exact) mass is 351 g/mol. The molecule has 0 aliphatic carbocycles. The summed E-state index contributed by atoms with van der Waals surface area (Å²) < 4.78 is 4.67. The molecule has 0 unspecified atom stereocenters. The molecule has 3 aromatic rings. The van der Waals surface area contributed by atoms with Crippen molar-refractivity contribution in [1.29, 1.82) is 0 Å². The zero-order valence-electron chi connectivity index (χ0n) is 14.2. The van der Waals surface area contributed by atoms with Crippen molar-refractivity contribution in [3.8, 4) is 0 Å². The molecule has 2 heterocycles. The van der Waals surface area contributed by atoms with Crippen LogP contribution in [-0.2, 0) is 6.54 Å². The van der Waals surface area contributed by atoms with E-state index in [2.05, 4.69) is 25.6 Å². The number of urea groups is 1. The van der Waals surface area contributed by atoms with Gasteiger partial charge in [0.25, 0.3) is 5.91 Å². The third-order valence-corrected chi connectivity index (χ3v) is 4.39. The maximum Gasteiger partial charge on any atom is 0.322 e. The van der Waals surface area contributed by atoms with Crippen LogP contribution in [0.4, 0.5) is 10.5 Å². The van der Waals surface area contributed by atoms with Gasteiger partial charge in [-0.1, -0.05) is 12.1 Å². The molecule has 2 N–H and O–H groups in total. The lowest BCUT2D eigenvalue weighted by atomic mass is 10.1. The molecule has 8 nitrogen and oxygen atoms in total. The minimum absolute atomic E-state index is 0.139. The molecule has 1 saturated heterocycles. The molecule has 1 fully saturated rings. The molecule has 0 atom stereocenters. The van der Waals surface area contributed by atoms with Gasteiger partial charge in [-0.25, -0.2) is 9.42 Å². The Bertz CT molecular complexity index is 997. The first-order valence-corrected chi connectivity index (χ1v) is 8.27. The maximum absolute atomic E-state index is 12.5. The predicted molar refractivity (Wildman–Crippen MR) is 94.9 cm³/mol. The van der Waals surface area contributed by atoms with Crippen LogP contribution in [0, 0.1) is 6.92 Å². The lowest BCUT2D eigenvalue weighted by molar-refractivity contribution is 0.0951. The van der Waals surface area contributed by atoms with E-state index in [9.17, 15) is 9.59 Å². The zero-order chi connectivity index (χ0) is 18.1. The molecule has 1 aliphatic rings. The van der Waals surface area contributed by atoms with Gasteiger partial charge in [0.05, 0.1) is 0 Å². The van der Waals surface area contributed by atoms with Gasteiger partial charge in [-0.2, -0.15) is 0 Å². The van der Waals surface area contributed by atoms with Crippen molar-refractivity contribution >= 4 is 28.7 Å². The summed E-state index contributed by atoms with van der Waals surface area (Å²) in [5.74, 6) is -0.204. The third kappa shape index (κ3) is 2.97. The number of benzene rings is 2. The lowest BCUT2D eigenvalue weighted by Gasteiger charge is -2.18. The molecule has 3 amide bonds. The first kappa shape index (κ1) is 16.1. The first-order valence-electron chi connectivity index (χ1n) is 8.27. The van der Waals surface area contributed by atoms with Crippen molar-refractivity contribution in [3.63, 3.8) is 0 Å². The number of carbonyl (C=O) groups excluding carboxylic acids is 2. The topological polar surface area (TPSA) is 100 Å². The van der Waals surface area contributed by atoms with Gasteiger partial charge in [-0.3, -0.25) is 9.69 Å². The van der Waals surface area contributed by atoms with Gasteiger partial charge in [0.2, 0.25) is 0 Å². The average molecular weight is 351 g/mol. The van der Waals surface area contributed by atoms with Crippen molar-refractivity contribution in [3.05, 3.63) is 53.1 Å². The van der Waals surface area contributed by atoms with Crippen molar-refractivity contribution in [2.45, 2.75) is 13.5 Å². The Morgan fingerprint density at radius 1 is 1.23 bits per heavy atom. The largest absolute Gasteiger partial charge is 0.348 e. The lowest BCUT2D eigenvalue weighted by Crippen LogP contribution is -2.29. The van der Waals surface area contributed by atoms with E-state index in [1.807, 2.05) is 25.1 Å². The average Bonchev–Trinajstić information content (AvgIpc) is 3.28. The summed E-state index contributed by atoms with van der Waals surface area (Å²) in [6, 6.07) is 10.7. The van der Waals surface area contributed by atoms with Crippen molar-refractivity contribution < 1.29 is 14.2 Å². The van der Waals surface area contributed by atoms with E-state index in [-0.39, 0.29) is 11.9 Å². The molecular weight excluding hydrogens is 334 g/mol. The molecule has 0 bridgehead atoms. The second-order valence-corrected chi connectivity index (χ2v) is 6.15. The summed E-state index contributed by atoms with van der Waals surface area (Å²) >= 11 is 0. The summed E-state index contributed by atoms with van der Waals surface area (Å²) in [5, 5.41) is 13.2. The van der Waals surface area contributed by atoms with E-state index in [4.69, 9.17) is 0 Å². The molecule has 0 spiro atoms. The first-order chi connectivity index (χ1) is 12.6. The molecule has 4 rings (SSSR count). The van der Waals surface area contributed by atoms with E-state index in [1.54, 1.807) is 23.1 Å². The van der Waals surface area contributed by atoms with Crippen LogP contribution in [0.25, 0.3) is 11.0 Å². The van der Waals surface area contributed by atoms with Gasteiger partial charge >= 0.3 is 6.03 Å². The van der Waals surface area contributed by atoms with Gasteiger partial charge < -0.3 is 10.6 Å². The molecule has 0 saturated carbocycles. The number of aryl methyl sites for hydroxylation is 1. The van der Waals surface area contributed by atoms with Crippen LogP contribution in [0.2, 0.25) is 0 Å². The Hall–Kier alpha value is -3.42. The Balaban J connectivity index is 1.49. The van der Waals surface area contributed by atoms with Crippen LogP contribution < -0.4 is 15.5 Å². The number of amides is 3. The number of anilines is 1. The molecule has 0 radical (unpaired) electrons. The highest BCUT2D eigenvalue weighted by molar-refractivity contribution is 5.99. The molecule has 26 heavy (non-hydrogen) atoms. The fourth-order valence-corrected chi connectivity index (χ4v) is 2.96. The van der Waals surface area contributed by atoms with E-state index >= 15 is 0 Å². The van der Waals surface area contributed by atoms with Crippen molar-refractivity contribution in [1.82, 2.24) is 20.9 Å².